The van der Waals surface area contributed by atoms with Crippen molar-refractivity contribution in [1.82, 2.24) is 10.6 Å². The van der Waals surface area contributed by atoms with Crippen LogP contribution in [-0.4, -0.2) is 34.1 Å². The Morgan fingerprint density at radius 1 is 0.692 bits per heavy atom. The van der Waals surface area contributed by atoms with E-state index in [-0.39, 0.29) is 0 Å². The van der Waals surface area contributed by atoms with E-state index >= 15 is 0 Å². The standard InChI is InChI=1S/C20H24N2O4/c1-13(17(23)15-9-5-3-6-10-15)21-19(25)20(26)22-14(2)18(24)16-11-7-4-8-12-16/h3-14,17-18,23-24H,1-2H3,(H,21,25)(H,22,26)/t13-,14-,17+,18+/m1/s1. The summed E-state index contributed by atoms with van der Waals surface area (Å²) in [5.41, 5.74) is 1.29. The fraction of sp³-hybridized carbons (Fsp3) is 0.300. The first-order valence-corrected chi connectivity index (χ1v) is 8.47. The van der Waals surface area contributed by atoms with E-state index in [1.165, 1.54) is 0 Å². The lowest BCUT2D eigenvalue weighted by atomic mass is 10.0. The van der Waals surface area contributed by atoms with Crippen molar-refractivity contribution in [3.8, 4) is 0 Å². The van der Waals surface area contributed by atoms with Crippen LogP contribution in [0.2, 0.25) is 0 Å². The maximum atomic E-state index is 12.1. The second-order valence-electron chi connectivity index (χ2n) is 6.24. The van der Waals surface area contributed by atoms with Crippen LogP contribution in [0.5, 0.6) is 0 Å². The number of rotatable bonds is 6. The monoisotopic (exact) mass is 356 g/mol. The highest BCUT2D eigenvalue weighted by Crippen LogP contribution is 2.17. The zero-order valence-electron chi connectivity index (χ0n) is 14.8. The number of carbonyl (C=O) groups excluding carboxylic acids is 2. The predicted octanol–water partition coefficient (Wildman–Crippen LogP) is 1.46. The van der Waals surface area contributed by atoms with Crippen molar-refractivity contribution in [3.05, 3.63) is 71.8 Å². The van der Waals surface area contributed by atoms with E-state index < -0.39 is 36.1 Å². The Kier molecular flexibility index (Phi) is 6.89. The highest BCUT2D eigenvalue weighted by molar-refractivity contribution is 6.35. The number of hydrogen-bond acceptors (Lipinski definition) is 4. The minimum absolute atomic E-state index is 0.647. The van der Waals surface area contributed by atoms with Crippen molar-refractivity contribution < 1.29 is 19.8 Å². The number of amides is 2. The number of benzene rings is 2. The molecule has 0 unspecified atom stereocenters. The van der Waals surface area contributed by atoms with E-state index in [0.29, 0.717) is 11.1 Å². The van der Waals surface area contributed by atoms with Gasteiger partial charge in [-0.1, -0.05) is 60.7 Å². The van der Waals surface area contributed by atoms with E-state index in [9.17, 15) is 19.8 Å². The quantitative estimate of drug-likeness (QED) is 0.589. The van der Waals surface area contributed by atoms with Crippen molar-refractivity contribution in [3.63, 3.8) is 0 Å². The first kappa shape index (κ1) is 19.6. The lowest BCUT2D eigenvalue weighted by molar-refractivity contribution is -0.140. The van der Waals surface area contributed by atoms with Crippen LogP contribution in [0.4, 0.5) is 0 Å². The van der Waals surface area contributed by atoms with Crippen molar-refractivity contribution in [2.24, 2.45) is 0 Å². The average molecular weight is 356 g/mol. The molecule has 0 aromatic heterocycles. The molecule has 6 nitrogen and oxygen atoms in total. The van der Waals surface area contributed by atoms with Crippen molar-refractivity contribution in [1.29, 1.82) is 0 Å². The fourth-order valence-electron chi connectivity index (χ4n) is 2.58. The molecule has 2 aromatic rings. The van der Waals surface area contributed by atoms with Crippen LogP contribution in [-0.2, 0) is 9.59 Å². The van der Waals surface area contributed by atoms with Crippen LogP contribution >= 0.6 is 0 Å². The van der Waals surface area contributed by atoms with Gasteiger partial charge >= 0.3 is 11.8 Å². The lowest BCUT2D eigenvalue weighted by Gasteiger charge is -2.23. The minimum Gasteiger partial charge on any atom is -0.386 e. The second-order valence-corrected chi connectivity index (χ2v) is 6.24. The number of carbonyl (C=O) groups is 2. The lowest BCUT2D eigenvalue weighted by Crippen LogP contribution is -2.48. The molecule has 0 aliphatic rings. The van der Waals surface area contributed by atoms with Gasteiger partial charge in [-0.25, -0.2) is 0 Å². The highest BCUT2D eigenvalue weighted by Gasteiger charge is 2.25. The summed E-state index contributed by atoms with van der Waals surface area (Å²) in [5, 5.41) is 25.5. The molecule has 0 aliphatic heterocycles. The van der Waals surface area contributed by atoms with Gasteiger partial charge in [0.15, 0.2) is 0 Å². The van der Waals surface area contributed by atoms with E-state index in [2.05, 4.69) is 10.6 Å². The Labute approximate surface area is 152 Å². The third-order valence-electron chi connectivity index (χ3n) is 4.15. The number of hydrogen-bond donors (Lipinski definition) is 4. The molecule has 2 rings (SSSR count). The molecule has 138 valence electrons. The van der Waals surface area contributed by atoms with Gasteiger partial charge in [-0.15, -0.1) is 0 Å². The third kappa shape index (κ3) is 5.15. The normalized spacial score (nSPS) is 15.4. The molecule has 0 saturated carbocycles. The van der Waals surface area contributed by atoms with Crippen LogP contribution in [0.25, 0.3) is 0 Å². The van der Waals surface area contributed by atoms with Gasteiger partial charge in [-0.05, 0) is 25.0 Å². The number of aliphatic hydroxyl groups excluding tert-OH is 2. The summed E-state index contributed by atoms with van der Waals surface area (Å²) >= 11 is 0. The summed E-state index contributed by atoms with van der Waals surface area (Å²) in [6.07, 6.45) is -1.86. The Balaban J connectivity index is 1.89. The van der Waals surface area contributed by atoms with Gasteiger partial charge in [0.05, 0.1) is 24.3 Å². The molecule has 0 heterocycles. The molecule has 0 radical (unpaired) electrons. The van der Waals surface area contributed by atoms with Gasteiger partial charge in [-0.2, -0.15) is 0 Å². The zero-order chi connectivity index (χ0) is 19.1. The second kappa shape index (κ2) is 9.12. The van der Waals surface area contributed by atoms with Crippen LogP contribution in [0.3, 0.4) is 0 Å². The third-order valence-corrected chi connectivity index (χ3v) is 4.15. The van der Waals surface area contributed by atoms with E-state index in [1.54, 1.807) is 62.4 Å². The smallest absolute Gasteiger partial charge is 0.309 e. The molecule has 4 N–H and O–H groups in total. The Morgan fingerprint density at radius 3 is 1.31 bits per heavy atom. The molecule has 0 fully saturated rings. The minimum atomic E-state index is -0.930. The summed E-state index contributed by atoms with van der Waals surface area (Å²) in [6.45, 7) is 3.23. The fourth-order valence-corrected chi connectivity index (χ4v) is 2.58. The molecule has 0 saturated heterocycles. The molecular formula is C20H24N2O4. The Morgan fingerprint density at radius 2 is 1.00 bits per heavy atom. The van der Waals surface area contributed by atoms with Crippen molar-refractivity contribution in [2.75, 3.05) is 0 Å². The van der Waals surface area contributed by atoms with Crippen LogP contribution in [0.15, 0.2) is 60.7 Å². The average Bonchev–Trinajstić information content (AvgIpc) is 2.67. The molecule has 0 aliphatic carbocycles. The Bertz CT molecular complexity index is 658. The van der Waals surface area contributed by atoms with Crippen LogP contribution in [0.1, 0.15) is 37.2 Å². The van der Waals surface area contributed by atoms with Crippen molar-refractivity contribution >= 4 is 11.8 Å². The summed E-state index contributed by atoms with van der Waals surface area (Å²) in [5.74, 6) is -1.72. The number of nitrogens with one attached hydrogen (secondary N) is 2. The first-order valence-electron chi connectivity index (χ1n) is 8.47. The molecule has 0 spiro atoms. The maximum Gasteiger partial charge on any atom is 0.309 e. The van der Waals surface area contributed by atoms with E-state index in [0.717, 1.165) is 0 Å². The molecule has 2 aromatic carbocycles. The van der Waals surface area contributed by atoms with E-state index in [4.69, 9.17) is 0 Å². The predicted molar refractivity (Wildman–Crippen MR) is 98.0 cm³/mol. The molecule has 4 atom stereocenters. The van der Waals surface area contributed by atoms with Gasteiger partial charge in [-0.3, -0.25) is 9.59 Å². The van der Waals surface area contributed by atoms with Crippen LogP contribution in [0, 0.1) is 0 Å². The zero-order valence-corrected chi connectivity index (χ0v) is 14.8. The summed E-state index contributed by atoms with van der Waals surface area (Å²) < 4.78 is 0. The van der Waals surface area contributed by atoms with Gasteiger partial charge in [0.2, 0.25) is 0 Å². The maximum absolute atomic E-state index is 12.1. The number of aliphatic hydroxyl groups is 2. The van der Waals surface area contributed by atoms with E-state index in [1.807, 2.05) is 12.1 Å². The highest BCUT2D eigenvalue weighted by atomic mass is 16.3. The van der Waals surface area contributed by atoms with Gasteiger partial charge < -0.3 is 20.8 Å². The van der Waals surface area contributed by atoms with Crippen molar-refractivity contribution in [2.45, 2.75) is 38.1 Å². The molecule has 26 heavy (non-hydrogen) atoms. The summed E-state index contributed by atoms with van der Waals surface area (Å²) in [7, 11) is 0. The van der Waals surface area contributed by atoms with Gasteiger partial charge in [0, 0.05) is 0 Å². The van der Waals surface area contributed by atoms with Gasteiger partial charge in [0.1, 0.15) is 0 Å². The van der Waals surface area contributed by atoms with Crippen LogP contribution < -0.4 is 10.6 Å². The molecule has 6 heteroatoms. The van der Waals surface area contributed by atoms with Gasteiger partial charge in [0.25, 0.3) is 0 Å². The summed E-state index contributed by atoms with van der Waals surface area (Å²) in [4.78, 5) is 24.1. The SMILES string of the molecule is C[C@@H](NC(=O)C(=O)N[C@H](C)[C@H](O)c1ccccc1)[C@H](O)c1ccccc1. The largest absolute Gasteiger partial charge is 0.386 e. The molecule has 2 amide bonds. The Hall–Kier alpha value is -2.70. The molecular weight excluding hydrogens is 332 g/mol. The molecule has 0 bridgehead atoms. The topological polar surface area (TPSA) is 98.7 Å². The first-order chi connectivity index (χ1) is 12.4. The summed E-state index contributed by atoms with van der Waals surface area (Å²) in [6, 6.07) is 16.5.